The maximum Gasteiger partial charge on any atom is 0.374 e. The molecule has 12 nitrogen and oxygen atoms in total. The van der Waals surface area contributed by atoms with E-state index >= 15 is 0 Å². The molecule has 8 N–H and O–H groups in total. The number of alkyl halides is 2. The van der Waals surface area contributed by atoms with Crippen LogP contribution in [0.15, 0.2) is 0 Å². The van der Waals surface area contributed by atoms with Gasteiger partial charge in [-0.3, -0.25) is 18.3 Å². The summed E-state index contributed by atoms with van der Waals surface area (Å²) < 4.78 is 64.3. The minimum Gasteiger partial charge on any atom is -0.322 e. The summed E-state index contributed by atoms with van der Waals surface area (Å²) in [4.78, 5) is 64.0. The van der Waals surface area contributed by atoms with Crippen molar-refractivity contribution in [3.63, 3.8) is 0 Å². The fraction of sp³-hybridized carbons (Fsp3) is 1.00. The SMILES string of the molecule is CC(F)(P(=O)(O)O)P(=O)(O)O.O=P(O)(O)C([18F])P(=O)(O)O. The zero-order chi connectivity index (χ0) is 18.1. The van der Waals surface area contributed by atoms with Crippen molar-refractivity contribution in [1.29, 1.82) is 0 Å². The molecule has 0 amide bonds. The molecule has 0 aromatic carbocycles. The Morgan fingerprint density at radius 1 is 0.762 bits per heavy atom. The van der Waals surface area contributed by atoms with Crippen LogP contribution in [0.1, 0.15) is 6.92 Å². The van der Waals surface area contributed by atoms with Gasteiger partial charge in [0.05, 0.1) is 0 Å². The Balaban J connectivity index is 0. The lowest BCUT2D eigenvalue weighted by atomic mass is 10.9. The molecule has 0 fully saturated rings. The molecule has 0 aromatic heterocycles. The van der Waals surface area contributed by atoms with Crippen molar-refractivity contribution in [1.82, 2.24) is 0 Å². The van der Waals surface area contributed by atoms with E-state index in [2.05, 4.69) is 0 Å². The molecule has 0 aliphatic heterocycles. The minimum atomic E-state index is -5.42. The van der Waals surface area contributed by atoms with Gasteiger partial charge in [0.2, 0.25) is 0 Å². The highest BCUT2D eigenvalue weighted by atomic mass is 31.2. The molecular formula is C3H12F2O12P4. The molecule has 0 unspecified atom stereocenters. The topological polar surface area (TPSA) is 230 Å². The number of halogens is 2. The molecule has 130 valence electrons. The van der Waals surface area contributed by atoms with Crippen molar-refractivity contribution in [2.45, 2.75) is 17.7 Å². The maximum atomic E-state index is 12.6. The van der Waals surface area contributed by atoms with Crippen LogP contribution in [-0.2, 0) is 18.3 Å². The fourth-order valence-corrected chi connectivity index (χ4v) is 3.29. The third-order valence-corrected chi connectivity index (χ3v) is 8.22. The van der Waals surface area contributed by atoms with Gasteiger partial charge < -0.3 is 39.1 Å². The lowest BCUT2D eigenvalue weighted by molar-refractivity contribution is 0.236. The zero-order valence-electron chi connectivity index (χ0n) is 9.83. The Bertz CT molecular complexity index is 487. The summed E-state index contributed by atoms with van der Waals surface area (Å²) in [6, 6.07) is 0. The van der Waals surface area contributed by atoms with Crippen LogP contribution < -0.4 is 0 Å². The Morgan fingerprint density at radius 3 is 0.952 bits per heavy atom. The van der Waals surface area contributed by atoms with Crippen molar-refractivity contribution >= 4 is 30.4 Å². The molecule has 18 heteroatoms. The molecule has 0 aromatic rings. The Labute approximate surface area is 115 Å². The summed E-state index contributed by atoms with van der Waals surface area (Å²) in [5, 5.41) is -3.79. The molecule has 0 bridgehead atoms. The van der Waals surface area contributed by atoms with Crippen LogP contribution in [0.4, 0.5) is 8.78 Å². The van der Waals surface area contributed by atoms with Gasteiger partial charge in [-0.2, -0.15) is 0 Å². The summed E-state index contributed by atoms with van der Waals surface area (Å²) in [5.74, 6) is 0. The van der Waals surface area contributed by atoms with E-state index in [1.165, 1.54) is 0 Å². The summed E-state index contributed by atoms with van der Waals surface area (Å²) in [6.45, 7) is 0.161. The van der Waals surface area contributed by atoms with E-state index < -0.39 is 41.2 Å². The van der Waals surface area contributed by atoms with Crippen molar-refractivity contribution in [3.8, 4) is 0 Å². The molecule has 0 radical (unpaired) electrons. The van der Waals surface area contributed by atoms with Crippen LogP contribution in [-0.4, -0.2) is 50.0 Å². The molecule has 0 atom stereocenters. The second kappa shape index (κ2) is 6.92. The largest absolute Gasteiger partial charge is 0.374 e. The Kier molecular flexibility index (Phi) is 7.82. The van der Waals surface area contributed by atoms with Crippen LogP contribution in [0.5, 0.6) is 0 Å². The van der Waals surface area contributed by atoms with Crippen LogP contribution in [0.25, 0.3) is 0 Å². The van der Waals surface area contributed by atoms with Gasteiger partial charge in [-0.1, -0.05) is 0 Å². The molecule has 0 rings (SSSR count). The monoisotopic (exact) mass is 401 g/mol. The second-order valence-corrected chi connectivity index (χ2v) is 11.4. The van der Waals surface area contributed by atoms with Crippen LogP contribution in [0.3, 0.4) is 0 Å². The highest BCUT2D eigenvalue weighted by molar-refractivity contribution is 7.72. The second-order valence-electron chi connectivity index (χ2n) is 3.48. The first-order valence-electron chi connectivity index (χ1n) is 4.20. The summed E-state index contributed by atoms with van der Waals surface area (Å²) >= 11 is 0. The van der Waals surface area contributed by atoms with E-state index in [0.29, 0.717) is 0 Å². The predicted molar refractivity (Wildman–Crippen MR) is 62.6 cm³/mol. The van der Waals surface area contributed by atoms with Crippen LogP contribution >= 0.6 is 30.4 Å². The lowest BCUT2D eigenvalue weighted by Gasteiger charge is -2.21. The molecule has 0 spiro atoms. The highest BCUT2D eigenvalue weighted by Gasteiger charge is 2.57. The van der Waals surface area contributed by atoms with Gasteiger partial charge in [0.1, 0.15) is 0 Å². The quantitative estimate of drug-likeness (QED) is 0.281. The smallest absolute Gasteiger partial charge is 0.322 e. The van der Waals surface area contributed by atoms with E-state index in [9.17, 15) is 27.0 Å². The average Bonchev–Trinajstić information content (AvgIpc) is 2.11. The van der Waals surface area contributed by atoms with Crippen molar-refractivity contribution in [2.75, 3.05) is 0 Å². The maximum absolute atomic E-state index is 12.6. The molecule has 0 saturated carbocycles. The van der Waals surface area contributed by atoms with Gasteiger partial charge in [-0.15, -0.1) is 0 Å². The first-order chi connectivity index (χ1) is 8.65. The molecule has 0 heterocycles. The molecular weight excluding hydrogens is 389 g/mol. The lowest BCUT2D eigenvalue weighted by Crippen LogP contribution is -2.17. The Hall–Kier alpha value is 0.460. The van der Waals surface area contributed by atoms with Crippen molar-refractivity contribution in [3.05, 3.63) is 0 Å². The van der Waals surface area contributed by atoms with E-state index in [1.807, 2.05) is 0 Å². The molecule has 0 saturated heterocycles. The van der Waals surface area contributed by atoms with E-state index in [4.69, 9.17) is 39.1 Å². The van der Waals surface area contributed by atoms with Gasteiger partial charge in [-0.05, 0) is 6.92 Å². The predicted octanol–water partition coefficient (Wildman–Crippen LogP) is -0.420. The van der Waals surface area contributed by atoms with Crippen molar-refractivity contribution < 1.29 is 66.2 Å². The average molecular weight is 401 g/mol. The normalized spacial score (nSPS) is 14.7. The van der Waals surface area contributed by atoms with Crippen LogP contribution in [0.2, 0.25) is 0 Å². The van der Waals surface area contributed by atoms with Gasteiger partial charge >= 0.3 is 35.5 Å². The highest BCUT2D eigenvalue weighted by Crippen LogP contribution is 2.69. The van der Waals surface area contributed by atoms with E-state index in [-0.39, 0.29) is 6.92 Å². The summed E-state index contributed by atoms with van der Waals surface area (Å²) in [5.41, 5.74) is -3.40. The molecule has 21 heavy (non-hydrogen) atoms. The summed E-state index contributed by atoms with van der Waals surface area (Å²) in [6.07, 6.45) is 0. The van der Waals surface area contributed by atoms with Crippen molar-refractivity contribution in [2.24, 2.45) is 0 Å². The van der Waals surface area contributed by atoms with Gasteiger partial charge in [-0.25, -0.2) is 8.78 Å². The zero-order valence-corrected chi connectivity index (χ0v) is 13.4. The molecule has 0 aliphatic carbocycles. The summed E-state index contributed by atoms with van der Waals surface area (Å²) in [7, 11) is -21.5. The third-order valence-electron chi connectivity index (χ3n) is 1.62. The van der Waals surface area contributed by atoms with Gasteiger partial charge in [0.25, 0.3) is 5.65 Å². The fourth-order valence-electron chi connectivity index (χ4n) is 0.366. The van der Waals surface area contributed by atoms with Crippen LogP contribution in [0, 0.1) is 0 Å². The number of hydrogen-bond acceptors (Lipinski definition) is 4. The van der Waals surface area contributed by atoms with Gasteiger partial charge in [0.15, 0.2) is 0 Å². The minimum absolute atomic E-state index is 0.161. The number of hydrogen-bond donors (Lipinski definition) is 8. The van der Waals surface area contributed by atoms with E-state index in [0.717, 1.165) is 0 Å². The van der Waals surface area contributed by atoms with Gasteiger partial charge in [0, 0.05) is 0 Å². The number of rotatable bonds is 4. The first-order valence-corrected chi connectivity index (χ1v) is 10.8. The molecule has 0 aliphatic rings. The standard InChI is InChI=1S/C2H7FO6P2.CH5FO6P2/c1-2(3,10(4,5)6)11(7,8)9;2-1(9(3,4)5)10(6,7)8/h1H3,(H2,4,5,6)(H2,7,8,9);1H,(H2,3,4,5)(H2,6,7,8)/i;2-1. The van der Waals surface area contributed by atoms with E-state index in [1.54, 1.807) is 0 Å². The third kappa shape index (κ3) is 7.51. The Morgan fingerprint density at radius 2 is 0.952 bits per heavy atom. The first kappa shape index (κ1) is 23.7.